The van der Waals surface area contributed by atoms with Crippen molar-refractivity contribution >= 4 is 6.08 Å². The number of unbranched alkanes of at least 4 members (excludes halogenated alkanes) is 2. The van der Waals surface area contributed by atoms with Crippen molar-refractivity contribution in [3.05, 3.63) is 41.0 Å². The second kappa shape index (κ2) is 10.5. The van der Waals surface area contributed by atoms with Crippen molar-refractivity contribution in [2.45, 2.75) is 104 Å². The zero-order valence-corrected chi connectivity index (χ0v) is 18.2. The molecule has 150 valence electrons. The van der Waals surface area contributed by atoms with Crippen molar-refractivity contribution in [3.63, 3.8) is 0 Å². The summed E-state index contributed by atoms with van der Waals surface area (Å²) in [5.41, 5.74) is 4.31. The van der Waals surface area contributed by atoms with Crippen molar-refractivity contribution in [2.24, 2.45) is 17.8 Å². The van der Waals surface area contributed by atoms with E-state index in [4.69, 9.17) is 0 Å². The third kappa shape index (κ3) is 6.23. The molecule has 0 heteroatoms. The molecule has 2 saturated carbocycles. The highest BCUT2D eigenvalue weighted by Crippen LogP contribution is 2.44. The molecule has 0 unspecified atom stereocenters. The van der Waals surface area contributed by atoms with Gasteiger partial charge in [0.15, 0.2) is 0 Å². The molecule has 0 aromatic heterocycles. The molecule has 0 heterocycles. The van der Waals surface area contributed by atoms with Crippen LogP contribution in [-0.4, -0.2) is 0 Å². The van der Waals surface area contributed by atoms with Crippen LogP contribution in [-0.2, 0) is 0 Å². The quantitative estimate of drug-likeness (QED) is 0.423. The molecule has 2 aliphatic carbocycles. The van der Waals surface area contributed by atoms with Gasteiger partial charge in [0.05, 0.1) is 0 Å². The van der Waals surface area contributed by atoms with E-state index in [1.807, 2.05) is 0 Å². The molecule has 1 aromatic rings. The lowest BCUT2D eigenvalue weighted by Crippen LogP contribution is -2.25. The highest BCUT2D eigenvalue weighted by atomic mass is 14.4. The van der Waals surface area contributed by atoms with Crippen molar-refractivity contribution in [1.82, 2.24) is 0 Å². The summed E-state index contributed by atoms with van der Waals surface area (Å²) in [6.45, 7) is 6.67. The molecule has 0 amide bonds. The van der Waals surface area contributed by atoms with Crippen LogP contribution in [0.25, 0.3) is 6.08 Å². The van der Waals surface area contributed by atoms with Crippen LogP contribution in [0.4, 0.5) is 0 Å². The van der Waals surface area contributed by atoms with Gasteiger partial charge in [0.1, 0.15) is 0 Å². The van der Waals surface area contributed by atoms with Crippen LogP contribution in [0.15, 0.2) is 29.8 Å². The third-order valence-corrected chi connectivity index (χ3v) is 7.41. The summed E-state index contributed by atoms with van der Waals surface area (Å²) in [7, 11) is 0. The molecule has 0 bridgehead atoms. The second-order valence-corrected chi connectivity index (χ2v) is 9.78. The van der Waals surface area contributed by atoms with E-state index in [0.717, 1.165) is 23.7 Å². The molecule has 0 radical (unpaired) electrons. The Balaban J connectivity index is 1.42. The lowest BCUT2D eigenvalue weighted by molar-refractivity contribution is 0.155. The van der Waals surface area contributed by atoms with Crippen LogP contribution in [0, 0.1) is 17.8 Å². The SMILES string of the molecule is CCCCCC1CCC(C2CCC(c3ccc(C=C(C)C)cc3)CC2)CC1. The predicted molar refractivity (Wildman–Crippen MR) is 120 cm³/mol. The Hall–Kier alpha value is -1.04. The van der Waals surface area contributed by atoms with Gasteiger partial charge in [-0.1, -0.05) is 81.4 Å². The minimum absolute atomic E-state index is 0.812. The Morgan fingerprint density at radius 2 is 1.41 bits per heavy atom. The monoisotopic (exact) mass is 366 g/mol. The van der Waals surface area contributed by atoms with Gasteiger partial charge >= 0.3 is 0 Å². The first-order valence-corrected chi connectivity index (χ1v) is 11.9. The summed E-state index contributed by atoms with van der Waals surface area (Å²) >= 11 is 0. The second-order valence-electron chi connectivity index (χ2n) is 9.78. The fourth-order valence-corrected chi connectivity index (χ4v) is 5.75. The van der Waals surface area contributed by atoms with Crippen LogP contribution in [0.2, 0.25) is 0 Å². The summed E-state index contributed by atoms with van der Waals surface area (Å²) in [6, 6.07) is 9.41. The first-order valence-electron chi connectivity index (χ1n) is 11.9. The zero-order chi connectivity index (χ0) is 19.1. The van der Waals surface area contributed by atoms with Gasteiger partial charge in [0.2, 0.25) is 0 Å². The lowest BCUT2D eigenvalue weighted by Gasteiger charge is -2.38. The molecule has 1 aromatic carbocycles. The van der Waals surface area contributed by atoms with E-state index in [1.165, 1.54) is 88.2 Å². The van der Waals surface area contributed by atoms with E-state index >= 15 is 0 Å². The maximum Gasteiger partial charge on any atom is -0.0162 e. The lowest BCUT2D eigenvalue weighted by atomic mass is 9.68. The van der Waals surface area contributed by atoms with Gasteiger partial charge in [-0.05, 0) is 87.2 Å². The van der Waals surface area contributed by atoms with Crippen LogP contribution in [0.1, 0.15) is 115 Å². The van der Waals surface area contributed by atoms with Crippen molar-refractivity contribution in [2.75, 3.05) is 0 Å². The summed E-state index contributed by atoms with van der Waals surface area (Å²) in [6.07, 6.45) is 20.0. The normalized spacial score (nSPS) is 28.7. The van der Waals surface area contributed by atoms with Gasteiger partial charge in [0.25, 0.3) is 0 Å². The van der Waals surface area contributed by atoms with Crippen molar-refractivity contribution < 1.29 is 0 Å². The van der Waals surface area contributed by atoms with E-state index in [0.29, 0.717) is 0 Å². The first-order chi connectivity index (χ1) is 13.2. The van der Waals surface area contributed by atoms with Crippen molar-refractivity contribution in [1.29, 1.82) is 0 Å². The van der Waals surface area contributed by atoms with Gasteiger partial charge in [-0.3, -0.25) is 0 Å². The number of rotatable bonds is 7. The minimum atomic E-state index is 0.812. The van der Waals surface area contributed by atoms with E-state index < -0.39 is 0 Å². The fourth-order valence-electron chi connectivity index (χ4n) is 5.75. The average molecular weight is 367 g/mol. The Bertz CT molecular complexity index is 559. The standard InChI is InChI=1S/C27H42/c1-4-5-6-7-22-8-12-24(13-9-22)26-16-18-27(19-17-26)25-14-10-23(11-15-25)20-21(2)3/h10-11,14-15,20,22,24,26-27H,4-9,12-13,16-19H2,1-3H3. The Labute approximate surface area is 168 Å². The summed E-state index contributed by atoms with van der Waals surface area (Å²) in [5, 5.41) is 0. The van der Waals surface area contributed by atoms with Gasteiger partial charge in [-0.2, -0.15) is 0 Å². The van der Waals surface area contributed by atoms with Gasteiger partial charge in [-0.15, -0.1) is 0 Å². The molecular weight excluding hydrogens is 324 g/mol. The summed E-state index contributed by atoms with van der Waals surface area (Å²) in [4.78, 5) is 0. The zero-order valence-electron chi connectivity index (χ0n) is 18.2. The third-order valence-electron chi connectivity index (χ3n) is 7.41. The largest absolute Gasteiger partial charge is 0.0758 e. The average Bonchev–Trinajstić information content (AvgIpc) is 2.69. The summed E-state index contributed by atoms with van der Waals surface area (Å²) < 4.78 is 0. The predicted octanol–water partition coefficient (Wildman–Crippen LogP) is 8.77. The van der Waals surface area contributed by atoms with Gasteiger partial charge in [-0.25, -0.2) is 0 Å². The minimum Gasteiger partial charge on any atom is -0.0758 e. The van der Waals surface area contributed by atoms with Crippen LogP contribution in [0.3, 0.4) is 0 Å². The molecule has 0 nitrogen and oxygen atoms in total. The number of hydrogen-bond donors (Lipinski definition) is 0. The maximum atomic E-state index is 2.39. The van der Waals surface area contributed by atoms with Crippen LogP contribution >= 0.6 is 0 Å². The topological polar surface area (TPSA) is 0 Å². The smallest absolute Gasteiger partial charge is 0.0162 e. The molecule has 2 fully saturated rings. The van der Waals surface area contributed by atoms with E-state index in [2.05, 4.69) is 51.1 Å². The fraction of sp³-hybridized carbons (Fsp3) is 0.704. The highest BCUT2D eigenvalue weighted by Gasteiger charge is 2.31. The maximum absolute atomic E-state index is 2.39. The molecule has 0 aliphatic heterocycles. The molecule has 0 saturated heterocycles. The molecule has 27 heavy (non-hydrogen) atoms. The number of allylic oxidation sites excluding steroid dienone is 1. The Morgan fingerprint density at radius 1 is 0.815 bits per heavy atom. The molecule has 2 aliphatic rings. The molecule has 0 N–H and O–H groups in total. The molecule has 0 spiro atoms. The van der Waals surface area contributed by atoms with E-state index in [9.17, 15) is 0 Å². The molecule has 3 rings (SSSR count). The van der Waals surface area contributed by atoms with E-state index in [-0.39, 0.29) is 0 Å². The Kier molecular flexibility index (Phi) is 8.04. The number of benzene rings is 1. The number of hydrogen-bond acceptors (Lipinski definition) is 0. The first kappa shape index (κ1) is 20.7. The van der Waals surface area contributed by atoms with Gasteiger partial charge < -0.3 is 0 Å². The van der Waals surface area contributed by atoms with Crippen LogP contribution < -0.4 is 0 Å². The van der Waals surface area contributed by atoms with Gasteiger partial charge in [0, 0.05) is 0 Å². The van der Waals surface area contributed by atoms with Crippen molar-refractivity contribution in [3.8, 4) is 0 Å². The molecular formula is C27H42. The Morgan fingerprint density at radius 3 is 1.96 bits per heavy atom. The summed E-state index contributed by atoms with van der Waals surface area (Å²) in [5.74, 6) is 3.95. The van der Waals surface area contributed by atoms with Crippen LogP contribution in [0.5, 0.6) is 0 Å². The highest BCUT2D eigenvalue weighted by molar-refractivity contribution is 5.52. The van der Waals surface area contributed by atoms with E-state index in [1.54, 1.807) is 5.56 Å². The molecule has 0 atom stereocenters.